The summed E-state index contributed by atoms with van der Waals surface area (Å²) in [6.07, 6.45) is 3.33. The van der Waals surface area contributed by atoms with Crippen LogP contribution in [0.4, 0.5) is 10.1 Å². The number of hydrogen-bond acceptors (Lipinski definition) is 4. The molecule has 1 amide bonds. The van der Waals surface area contributed by atoms with Gasteiger partial charge < -0.3 is 0 Å². The highest BCUT2D eigenvalue weighted by Crippen LogP contribution is 2.35. The lowest BCUT2D eigenvalue weighted by atomic mass is 10.2. The van der Waals surface area contributed by atoms with Gasteiger partial charge in [-0.05, 0) is 36.4 Å². The summed E-state index contributed by atoms with van der Waals surface area (Å²) in [5.41, 5.74) is 1.11. The number of anilines is 1. The molecule has 0 aliphatic carbocycles. The normalized spacial score (nSPS) is 16.8. The third kappa shape index (κ3) is 2.86. The highest BCUT2D eigenvalue weighted by atomic mass is 32.2. The molecule has 1 saturated heterocycles. The number of thiocarbonyl (C=S) groups is 1. The van der Waals surface area contributed by atoms with E-state index in [1.807, 2.05) is 6.07 Å². The van der Waals surface area contributed by atoms with Crippen molar-refractivity contribution in [1.82, 2.24) is 4.98 Å². The smallest absolute Gasteiger partial charge is 0.268 e. The molecule has 1 aromatic carbocycles. The minimum Gasteiger partial charge on any atom is -0.268 e. The van der Waals surface area contributed by atoms with Crippen molar-refractivity contribution in [3.05, 3.63) is 65.1 Å². The van der Waals surface area contributed by atoms with Gasteiger partial charge in [0.2, 0.25) is 0 Å². The number of carbonyl (C=O) groups is 1. The molecule has 0 saturated carbocycles. The Balaban J connectivity index is 1.94. The zero-order valence-electron chi connectivity index (χ0n) is 10.7. The van der Waals surface area contributed by atoms with Gasteiger partial charge in [0.05, 0.1) is 16.3 Å². The molecule has 1 fully saturated rings. The number of nitrogens with zero attached hydrogens (tertiary/aromatic N) is 2. The Morgan fingerprint density at radius 3 is 2.81 bits per heavy atom. The molecule has 0 spiro atoms. The molecule has 3 nitrogen and oxygen atoms in total. The molecule has 1 aliphatic rings. The van der Waals surface area contributed by atoms with Gasteiger partial charge in [0.1, 0.15) is 5.82 Å². The van der Waals surface area contributed by atoms with Crippen molar-refractivity contribution in [1.29, 1.82) is 0 Å². The SMILES string of the molecule is O=C1/C(=C/c2ccccn2)SC(=S)N1c1cccc(F)c1. The van der Waals surface area contributed by atoms with Crippen LogP contribution in [-0.2, 0) is 4.79 Å². The molecular formula is C15H9FN2OS2. The first-order chi connectivity index (χ1) is 10.1. The molecule has 1 aliphatic heterocycles. The summed E-state index contributed by atoms with van der Waals surface area (Å²) in [5.74, 6) is -0.670. The predicted molar refractivity (Wildman–Crippen MR) is 86.3 cm³/mol. The largest absolute Gasteiger partial charge is 0.270 e. The average molecular weight is 316 g/mol. The van der Waals surface area contributed by atoms with Crippen LogP contribution in [0.25, 0.3) is 6.08 Å². The number of pyridine rings is 1. The van der Waals surface area contributed by atoms with E-state index in [-0.39, 0.29) is 5.91 Å². The number of hydrogen-bond donors (Lipinski definition) is 0. The lowest BCUT2D eigenvalue weighted by Gasteiger charge is -2.14. The molecule has 0 bridgehead atoms. The van der Waals surface area contributed by atoms with E-state index in [9.17, 15) is 9.18 Å². The summed E-state index contributed by atoms with van der Waals surface area (Å²) in [5, 5.41) is 0. The second-order valence-electron chi connectivity index (χ2n) is 4.25. The molecule has 2 aromatic rings. The Bertz CT molecular complexity index is 746. The van der Waals surface area contributed by atoms with Crippen molar-refractivity contribution < 1.29 is 9.18 Å². The number of carbonyl (C=O) groups excluding carboxylic acids is 1. The van der Waals surface area contributed by atoms with Crippen LogP contribution < -0.4 is 4.90 Å². The van der Waals surface area contributed by atoms with Crippen LogP contribution in [0.3, 0.4) is 0 Å². The molecular weight excluding hydrogens is 307 g/mol. The number of aromatic nitrogens is 1. The van der Waals surface area contributed by atoms with Crippen LogP contribution in [0.5, 0.6) is 0 Å². The predicted octanol–water partition coefficient (Wildman–Crippen LogP) is 3.63. The Kier molecular flexibility index (Phi) is 3.81. The monoisotopic (exact) mass is 316 g/mol. The average Bonchev–Trinajstić information content (AvgIpc) is 2.74. The lowest BCUT2D eigenvalue weighted by molar-refractivity contribution is -0.113. The summed E-state index contributed by atoms with van der Waals surface area (Å²) < 4.78 is 13.7. The van der Waals surface area contributed by atoms with Crippen molar-refractivity contribution in [2.24, 2.45) is 0 Å². The van der Waals surface area contributed by atoms with Crippen LogP contribution in [0.15, 0.2) is 53.6 Å². The molecule has 104 valence electrons. The standard InChI is InChI=1S/C15H9FN2OS2/c16-10-4-3-6-12(8-10)18-14(19)13(21-15(18)20)9-11-5-1-2-7-17-11/h1-9H/b13-9-. The Morgan fingerprint density at radius 1 is 1.24 bits per heavy atom. The van der Waals surface area contributed by atoms with E-state index in [4.69, 9.17) is 12.2 Å². The number of thioether (sulfide) groups is 1. The van der Waals surface area contributed by atoms with E-state index in [0.29, 0.717) is 20.6 Å². The van der Waals surface area contributed by atoms with Gasteiger partial charge in [0, 0.05) is 6.20 Å². The van der Waals surface area contributed by atoms with E-state index in [2.05, 4.69) is 4.98 Å². The van der Waals surface area contributed by atoms with Crippen molar-refractivity contribution >= 4 is 46.0 Å². The minimum atomic E-state index is -0.407. The molecule has 0 atom stereocenters. The molecule has 21 heavy (non-hydrogen) atoms. The zero-order valence-corrected chi connectivity index (χ0v) is 12.3. The third-order valence-electron chi connectivity index (χ3n) is 2.83. The molecule has 1 aromatic heterocycles. The van der Waals surface area contributed by atoms with Crippen molar-refractivity contribution in [3.8, 4) is 0 Å². The number of rotatable bonds is 2. The molecule has 6 heteroatoms. The van der Waals surface area contributed by atoms with Gasteiger partial charge in [-0.2, -0.15) is 0 Å². The van der Waals surface area contributed by atoms with Crippen LogP contribution in [0.2, 0.25) is 0 Å². The summed E-state index contributed by atoms with van der Waals surface area (Å²) in [7, 11) is 0. The van der Waals surface area contributed by atoms with Gasteiger partial charge in [-0.3, -0.25) is 14.7 Å². The Labute approximate surface area is 130 Å². The molecule has 0 radical (unpaired) electrons. The second kappa shape index (κ2) is 5.75. The van der Waals surface area contributed by atoms with Gasteiger partial charge in [-0.25, -0.2) is 4.39 Å². The minimum absolute atomic E-state index is 0.263. The summed E-state index contributed by atoms with van der Waals surface area (Å²) in [6.45, 7) is 0. The molecule has 0 unspecified atom stereocenters. The van der Waals surface area contributed by atoms with E-state index in [0.717, 1.165) is 0 Å². The molecule has 3 rings (SSSR count). The van der Waals surface area contributed by atoms with Gasteiger partial charge >= 0.3 is 0 Å². The molecule has 2 heterocycles. The van der Waals surface area contributed by atoms with Crippen molar-refractivity contribution in [3.63, 3.8) is 0 Å². The summed E-state index contributed by atoms with van der Waals surface area (Å²) in [4.78, 5) is 18.4. The summed E-state index contributed by atoms with van der Waals surface area (Å²) >= 11 is 6.40. The maximum atomic E-state index is 13.3. The van der Waals surface area contributed by atoms with Crippen LogP contribution in [0, 0.1) is 5.82 Å². The van der Waals surface area contributed by atoms with Crippen LogP contribution >= 0.6 is 24.0 Å². The summed E-state index contributed by atoms with van der Waals surface area (Å²) in [6, 6.07) is 11.2. The van der Waals surface area contributed by atoms with E-state index < -0.39 is 5.82 Å². The fourth-order valence-electron chi connectivity index (χ4n) is 1.90. The highest BCUT2D eigenvalue weighted by molar-refractivity contribution is 8.27. The lowest BCUT2D eigenvalue weighted by Crippen LogP contribution is -2.27. The number of benzene rings is 1. The first-order valence-electron chi connectivity index (χ1n) is 6.10. The van der Waals surface area contributed by atoms with E-state index in [1.54, 1.807) is 36.5 Å². The first kappa shape index (κ1) is 13.9. The number of halogens is 1. The van der Waals surface area contributed by atoms with Gasteiger partial charge in [-0.1, -0.05) is 36.1 Å². The fourth-order valence-corrected chi connectivity index (χ4v) is 3.18. The fraction of sp³-hybridized carbons (Fsp3) is 0. The quantitative estimate of drug-likeness (QED) is 0.626. The second-order valence-corrected chi connectivity index (χ2v) is 5.93. The first-order valence-corrected chi connectivity index (χ1v) is 7.32. The van der Waals surface area contributed by atoms with Crippen LogP contribution in [0.1, 0.15) is 5.69 Å². The van der Waals surface area contributed by atoms with Crippen LogP contribution in [-0.4, -0.2) is 15.2 Å². The highest BCUT2D eigenvalue weighted by Gasteiger charge is 2.33. The van der Waals surface area contributed by atoms with E-state index in [1.165, 1.54) is 28.8 Å². The van der Waals surface area contributed by atoms with E-state index >= 15 is 0 Å². The topological polar surface area (TPSA) is 33.2 Å². The van der Waals surface area contributed by atoms with Gasteiger partial charge in [-0.15, -0.1) is 0 Å². The Morgan fingerprint density at radius 2 is 2.10 bits per heavy atom. The van der Waals surface area contributed by atoms with Gasteiger partial charge in [0.25, 0.3) is 5.91 Å². The zero-order chi connectivity index (χ0) is 14.8. The number of amides is 1. The van der Waals surface area contributed by atoms with Gasteiger partial charge in [0.15, 0.2) is 4.32 Å². The maximum absolute atomic E-state index is 13.3. The Hall–Kier alpha value is -2.05. The molecule has 0 N–H and O–H groups in total. The van der Waals surface area contributed by atoms with Crippen molar-refractivity contribution in [2.45, 2.75) is 0 Å². The van der Waals surface area contributed by atoms with Crippen molar-refractivity contribution in [2.75, 3.05) is 4.90 Å². The maximum Gasteiger partial charge on any atom is 0.270 e. The third-order valence-corrected chi connectivity index (χ3v) is 4.13.